The van der Waals surface area contributed by atoms with Crippen molar-refractivity contribution in [2.75, 3.05) is 6.61 Å². The molecule has 2 aromatic rings. The number of ether oxygens (including phenoxy) is 1. The van der Waals surface area contributed by atoms with Gasteiger partial charge in [0.05, 0.1) is 23.0 Å². The van der Waals surface area contributed by atoms with Gasteiger partial charge in [0.1, 0.15) is 0 Å². The van der Waals surface area contributed by atoms with Crippen LogP contribution in [0.4, 0.5) is 0 Å². The maximum atomic E-state index is 11.6. The first-order valence-corrected chi connectivity index (χ1v) is 5.60. The van der Waals surface area contributed by atoms with E-state index >= 15 is 0 Å². The van der Waals surface area contributed by atoms with Gasteiger partial charge >= 0.3 is 5.97 Å². The van der Waals surface area contributed by atoms with Crippen molar-refractivity contribution in [3.05, 3.63) is 28.3 Å². The van der Waals surface area contributed by atoms with E-state index in [-0.39, 0.29) is 0 Å². The molecule has 0 saturated heterocycles. The zero-order chi connectivity index (χ0) is 11.7. The number of aryl methyl sites for hydroxylation is 1. The predicted octanol–water partition coefficient (Wildman–Crippen LogP) is 1.98. The fraction of sp³-hybridized carbons (Fsp3) is 0.300. The summed E-state index contributed by atoms with van der Waals surface area (Å²) in [5.41, 5.74) is 1.21. The molecule has 84 valence electrons. The fourth-order valence-corrected chi connectivity index (χ4v) is 1.62. The molecular formula is C10H10BrN3O2. The SMILES string of the molecule is CCOC(=O)c1cnc2nc(C)c(Br)cn12. The van der Waals surface area contributed by atoms with Gasteiger partial charge in [0.2, 0.25) is 5.78 Å². The molecule has 0 bridgehead atoms. The van der Waals surface area contributed by atoms with Crippen LogP contribution < -0.4 is 0 Å². The summed E-state index contributed by atoms with van der Waals surface area (Å²) in [5, 5.41) is 0. The van der Waals surface area contributed by atoms with Crippen molar-refractivity contribution in [1.82, 2.24) is 14.4 Å². The van der Waals surface area contributed by atoms with Crippen LogP contribution in [0.2, 0.25) is 0 Å². The lowest BCUT2D eigenvalue weighted by molar-refractivity contribution is 0.0518. The first-order chi connectivity index (χ1) is 7.63. The Morgan fingerprint density at radius 3 is 3.06 bits per heavy atom. The number of nitrogens with zero attached hydrogens (tertiary/aromatic N) is 3. The smallest absolute Gasteiger partial charge is 0.357 e. The molecule has 0 saturated carbocycles. The van der Waals surface area contributed by atoms with Gasteiger partial charge in [0.15, 0.2) is 5.69 Å². The lowest BCUT2D eigenvalue weighted by atomic mass is 10.4. The van der Waals surface area contributed by atoms with Gasteiger partial charge in [-0.25, -0.2) is 14.8 Å². The van der Waals surface area contributed by atoms with Gasteiger partial charge in [-0.3, -0.25) is 4.40 Å². The molecule has 0 N–H and O–H groups in total. The van der Waals surface area contributed by atoms with Crippen LogP contribution in [-0.4, -0.2) is 26.9 Å². The maximum Gasteiger partial charge on any atom is 0.357 e. The first kappa shape index (κ1) is 11.1. The van der Waals surface area contributed by atoms with E-state index in [4.69, 9.17) is 4.74 Å². The highest BCUT2D eigenvalue weighted by Crippen LogP contribution is 2.16. The molecule has 0 fully saturated rings. The molecule has 0 aliphatic rings. The maximum absolute atomic E-state index is 11.6. The molecule has 0 atom stereocenters. The number of halogens is 1. The molecule has 2 heterocycles. The highest BCUT2D eigenvalue weighted by molar-refractivity contribution is 9.10. The zero-order valence-corrected chi connectivity index (χ0v) is 10.5. The third-order valence-electron chi connectivity index (χ3n) is 2.12. The quantitative estimate of drug-likeness (QED) is 0.791. The summed E-state index contributed by atoms with van der Waals surface area (Å²) < 4.78 is 7.35. The Hall–Kier alpha value is -1.43. The van der Waals surface area contributed by atoms with Crippen molar-refractivity contribution < 1.29 is 9.53 Å². The second-order valence-corrected chi connectivity index (χ2v) is 4.06. The summed E-state index contributed by atoms with van der Waals surface area (Å²) in [6, 6.07) is 0. The number of esters is 1. The fourth-order valence-electron chi connectivity index (χ4n) is 1.33. The van der Waals surface area contributed by atoms with E-state index in [1.807, 2.05) is 6.92 Å². The normalized spacial score (nSPS) is 10.7. The van der Waals surface area contributed by atoms with E-state index in [0.717, 1.165) is 10.2 Å². The molecule has 0 aliphatic heterocycles. The van der Waals surface area contributed by atoms with Gasteiger partial charge in [-0.05, 0) is 29.8 Å². The van der Waals surface area contributed by atoms with Crippen LogP contribution in [-0.2, 0) is 4.74 Å². The second kappa shape index (κ2) is 4.21. The van der Waals surface area contributed by atoms with Crippen LogP contribution >= 0.6 is 15.9 Å². The van der Waals surface area contributed by atoms with E-state index in [1.165, 1.54) is 6.20 Å². The number of fused-ring (bicyclic) bond motifs is 1. The Labute approximate surface area is 101 Å². The Balaban J connectivity index is 2.56. The number of imidazole rings is 1. The number of carbonyl (C=O) groups excluding carboxylic acids is 1. The number of aromatic nitrogens is 3. The standard InChI is InChI=1S/C10H10BrN3O2/c1-3-16-9(15)8-4-12-10-13-6(2)7(11)5-14(8)10/h4-5H,3H2,1-2H3. The Morgan fingerprint density at radius 2 is 2.38 bits per heavy atom. The Bertz CT molecular complexity index is 550. The summed E-state index contributed by atoms with van der Waals surface area (Å²) in [7, 11) is 0. The Morgan fingerprint density at radius 1 is 1.62 bits per heavy atom. The average molecular weight is 284 g/mol. The van der Waals surface area contributed by atoms with Crippen LogP contribution in [0.1, 0.15) is 23.1 Å². The van der Waals surface area contributed by atoms with Gasteiger partial charge in [-0.1, -0.05) is 0 Å². The topological polar surface area (TPSA) is 56.5 Å². The van der Waals surface area contributed by atoms with E-state index in [0.29, 0.717) is 18.1 Å². The monoisotopic (exact) mass is 283 g/mol. The van der Waals surface area contributed by atoms with Gasteiger partial charge in [-0.2, -0.15) is 0 Å². The van der Waals surface area contributed by atoms with Crippen LogP contribution in [0, 0.1) is 6.92 Å². The number of hydrogen-bond acceptors (Lipinski definition) is 4. The van der Waals surface area contributed by atoms with Crippen molar-refractivity contribution in [1.29, 1.82) is 0 Å². The summed E-state index contributed by atoms with van der Waals surface area (Å²) in [4.78, 5) is 19.9. The third-order valence-corrected chi connectivity index (χ3v) is 2.90. The van der Waals surface area contributed by atoms with E-state index in [2.05, 4.69) is 25.9 Å². The van der Waals surface area contributed by atoms with E-state index in [9.17, 15) is 4.79 Å². The molecule has 0 amide bonds. The molecule has 0 aromatic carbocycles. The van der Waals surface area contributed by atoms with Crippen molar-refractivity contribution >= 4 is 27.7 Å². The van der Waals surface area contributed by atoms with Gasteiger partial charge < -0.3 is 4.74 Å². The number of carbonyl (C=O) groups is 1. The summed E-state index contributed by atoms with van der Waals surface area (Å²) in [5.74, 6) is 0.0938. The highest BCUT2D eigenvalue weighted by atomic mass is 79.9. The molecule has 0 spiro atoms. The van der Waals surface area contributed by atoms with Gasteiger partial charge in [0, 0.05) is 6.20 Å². The molecule has 6 heteroatoms. The first-order valence-electron chi connectivity index (χ1n) is 4.80. The minimum Gasteiger partial charge on any atom is -0.461 e. The third kappa shape index (κ3) is 1.80. The average Bonchev–Trinajstić information content (AvgIpc) is 2.62. The molecule has 0 aliphatic carbocycles. The summed E-state index contributed by atoms with van der Waals surface area (Å²) in [6.45, 7) is 3.97. The lowest BCUT2D eigenvalue weighted by Crippen LogP contribution is -2.08. The van der Waals surface area contributed by atoms with E-state index in [1.54, 1.807) is 17.5 Å². The van der Waals surface area contributed by atoms with Crippen molar-refractivity contribution in [2.24, 2.45) is 0 Å². The predicted molar refractivity (Wildman–Crippen MR) is 61.4 cm³/mol. The molecule has 2 rings (SSSR count). The molecule has 5 nitrogen and oxygen atoms in total. The van der Waals surface area contributed by atoms with Crippen molar-refractivity contribution in [2.45, 2.75) is 13.8 Å². The Kier molecular flexibility index (Phi) is 2.91. The number of rotatable bonds is 2. The molecule has 0 radical (unpaired) electrons. The highest BCUT2D eigenvalue weighted by Gasteiger charge is 2.14. The minimum absolute atomic E-state index is 0.340. The minimum atomic E-state index is -0.396. The lowest BCUT2D eigenvalue weighted by Gasteiger charge is -2.03. The molecule has 2 aromatic heterocycles. The van der Waals surface area contributed by atoms with Gasteiger partial charge in [0.25, 0.3) is 0 Å². The van der Waals surface area contributed by atoms with Crippen LogP contribution in [0.5, 0.6) is 0 Å². The van der Waals surface area contributed by atoms with E-state index < -0.39 is 5.97 Å². The number of hydrogen-bond donors (Lipinski definition) is 0. The molecular weight excluding hydrogens is 274 g/mol. The summed E-state index contributed by atoms with van der Waals surface area (Å²) >= 11 is 3.36. The molecule has 16 heavy (non-hydrogen) atoms. The van der Waals surface area contributed by atoms with Crippen LogP contribution in [0.15, 0.2) is 16.9 Å². The van der Waals surface area contributed by atoms with Crippen LogP contribution in [0.3, 0.4) is 0 Å². The largest absolute Gasteiger partial charge is 0.461 e. The van der Waals surface area contributed by atoms with Gasteiger partial charge in [-0.15, -0.1) is 0 Å². The van der Waals surface area contributed by atoms with Crippen molar-refractivity contribution in [3.8, 4) is 0 Å². The molecule has 0 unspecified atom stereocenters. The summed E-state index contributed by atoms with van der Waals surface area (Å²) in [6.07, 6.45) is 3.23. The van der Waals surface area contributed by atoms with Crippen LogP contribution in [0.25, 0.3) is 5.78 Å². The van der Waals surface area contributed by atoms with Crippen molar-refractivity contribution in [3.63, 3.8) is 0 Å². The second-order valence-electron chi connectivity index (χ2n) is 3.21. The zero-order valence-electron chi connectivity index (χ0n) is 8.90.